The molecular formula is C12H24Cl2N4O2. The van der Waals surface area contributed by atoms with E-state index in [0.29, 0.717) is 32.2 Å². The molecule has 0 saturated carbocycles. The number of ether oxygens (including phenoxy) is 1. The van der Waals surface area contributed by atoms with Gasteiger partial charge in [0.1, 0.15) is 0 Å². The molecule has 6 nitrogen and oxygen atoms in total. The van der Waals surface area contributed by atoms with Crippen LogP contribution in [0.2, 0.25) is 0 Å². The Balaban J connectivity index is 0. The average Bonchev–Trinajstić information content (AvgIpc) is 2.85. The number of hydrogen-bond donors (Lipinski definition) is 2. The predicted molar refractivity (Wildman–Crippen MR) is 83.6 cm³/mol. The Kier molecular flexibility index (Phi) is 14.2. The monoisotopic (exact) mass is 326 g/mol. The minimum Gasteiger partial charge on any atom is -0.383 e. The molecule has 1 heterocycles. The first-order valence-electron chi connectivity index (χ1n) is 6.14. The van der Waals surface area contributed by atoms with Gasteiger partial charge in [0.05, 0.1) is 19.5 Å². The Morgan fingerprint density at radius 3 is 2.80 bits per heavy atom. The zero-order chi connectivity index (χ0) is 13.2. The molecule has 0 fully saturated rings. The molecule has 0 aliphatic carbocycles. The van der Waals surface area contributed by atoms with E-state index in [1.807, 2.05) is 10.8 Å². The summed E-state index contributed by atoms with van der Waals surface area (Å²) < 4.78 is 6.89. The van der Waals surface area contributed by atoms with Gasteiger partial charge in [-0.2, -0.15) is 0 Å². The van der Waals surface area contributed by atoms with Crippen LogP contribution in [-0.2, 0) is 16.1 Å². The third-order valence-corrected chi connectivity index (χ3v) is 2.50. The summed E-state index contributed by atoms with van der Waals surface area (Å²) >= 11 is 0. The summed E-state index contributed by atoms with van der Waals surface area (Å²) in [7, 11) is 1.64. The van der Waals surface area contributed by atoms with Crippen molar-refractivity contribution < 1.29 is 9.53 Å². The van der Waals surface area contributed by atoms with E-state index in [2.05, 4.69) is 22.5 Å². The second kappa shape index (κ2) is 13.2. The topological polar surface area (TPSA) is 68.2 Å². The van der Waals surface area contributed by atoms with E-state index in [0.717, 1.165) is 6.54 Å². The van der Waals surface area contributed by atoms with E-state index < -0.39 is 0 Å². The summed E-state index contributed by atoms with van der Waals surface area (Å²) in [6.07, 6.45) is 5.46. The van der Waals surface area contributed by atoms with Crippen molar-refractivity contribution in [3.8, 4) is 0 Å². The number of hydrogen-bond acceptors (Lipinski definition) is 4. The maximum absolute atomic E-state index is 11.5. The number of carbonyl (C=O) groups is 1. The maximum Gasteiger partial charge on any atom is 0.233 e. The number of aromatic nitrogens is 2. The van der Waals surface area contributed by atoms with Gasteiger partial charge in [-0.1, -0.05) is 6.92 Å². The molecule has 1 atom stereocenters. The van der Waals surface area contributed by atoms with Crippen molar-refractivity contribution in [2.75, 3.05) is 33.4 Å². The first kappa shape index (κ1) is 21.5. The normalized spacial score (nSPS) is 11.1. The van der Waals surface area contributed by atoms with Gasteiger partial charge in [-0.15, -0.1) is 24.8 Å². The summed E-state index contributed by atoms with van der Waals surface area (Å²) in [6, 6.07) is 0. The average molecular weight is 327 g/mol. The summed E-state index contributed by atoms with van der Waals surface area (Å²) in [5.74, 6) is 0.394. The van der Waals surface area contributed by atoms with Crippen LogP contribution in [0.1, 0.15) is 6.92 Å². The molecule has 0 radical (unpaired) electrons. The van der Waals surface area contributed by atoms with Crippen molar-refractivity contribution >= 4 is 30.7 Å². The lowest BCUT2D eigenvalue weighted by Gasteiger charge is -2.13. The molecule has 1 amide bonds. The third-order valence-electron chi connectivity index (χ3n) is 2.50. The second-order valence-electron chi connectivity index (χ2n) is 4.34. The molecule has 0 aliphatic rings. The highest BCUT2D eigenvalue weighted by molar-refractivity contribution is 5.85. The Morgan fingerprint density at radius 2 is 2.20 bits per heavy atom. The molecular weight excluding hydrogens is 303 g/mol. The SMILES string of the molecule is COCCNCC(=O)NCC(C)Cn1ccnc1.Cl.Cl. The van der Waals surface area contributed by atoms with Crippen LogP contribution in [0.5, 0.6) is 0 Å². The molecule has 0 aliphatic heterocycles. The van der Waals surface area contributed by atoms with Gasteiger partial charge in [0.15, 0.2) is 0 Å². The Morgan fingerprint density at radius 1 is 1.45 bits per heavy atom. The minimum absolute atomic E-state index is 0. The maximum atomic E-state index is 11.5. The van der Waals surface area contributed by atoms with Gasteiger partial charge < -0.3 is 19.9 Å². The molecule has 0 spiro atoms. The first-order valence-corrected chi connectivity index (χ1v) is 6.14. The zero-order valence-electron chi connectivity index (χ0n) is 11.9. The Bertz CT molecular complexity index is 336. The van der Waals surface area contributed by atoms with Crippen LogP contribution < -0.4 is 10.6 Å². The number of carbonyl (C=O) groups excluding carboxylic acids is 1. The molecule has 1 aromatic heterocycles. The van der Waals surface area contributed by atoms with Gasteiger partial charge in [-0.3, -0.25) is 4.79 Å². The van der Waals surface area contributed by atoms with Crippen molar-refractivity contribution in [1.29, 1.82) is 0 Å². The number of rotatable bonds is 9. The van der Waals surface area contributed by atoms with E-state index in [9.17, 15) is 4.79 Å². The predicted octanol–water partition coefficient (Wildman–Crippen LogP) is 0.715. The van der Waals surface area contributed by atoms with Crippen molar-refractivity contribution in [2.45, 2.75) is 13.5 Å². The lowest BCUT2D eigenvalue weighted by molar-refractivity contribution is -0.120. The largest absolute Gasteiger partial charge is 0.383 e. The van der Waals surface area contributed by atoms with Gasteiger partial charge in [0, 0.05) is 39.1 Å². The number of halogens is 2. The number of nitrogens with one attached hydrogen (secondary N) is 2. The Labute approximate surface area is 132 Å². The summed E-state index contributed by atoms with van der Waals surface area (Å²) in [5.41, 5.74) is 0. The molecule has 118 valence electrons. The van der Waals surface area contributed by atoms with E-state index in [1.165, 1.54) is 0 Å². The lowest BCUT2D eigenvalue weighted by atomic mass is 10.2. The molecule has 20 heavy (non-hydrogen) atoms. The summed E-state index contributed by atoms with van der Waals surface area (Å²) in [4.78, 5) is 15.5. The smallest absolute Gasteiger partial charge is 0.233 e. The fourth-order valence-corrected chi connectivity index (χ4v) is 1.55. The minimum atomic E-state index is 0. The van der Waals surface area contributed by atoms with E-state index in [4.69, 9.17) is 4.74 Å². The molecule has 1 aromatic rings. The van der Waals surface area contributed by atoms with Crippen molar-refractivity contribution in [2.24, 2.45) is 5.92 Å². The quantitative estimate of drug-likeness (QED) is 0.656. The lowest BCUT2D eigenvalue weighted by Crippen LogP contribution is -2.37. The molecule has 1 rings (SSSR count). The first-order chi connectivity index (χ1) is 8.72. The molecule has 1 unspecified atom stereocenters. The van der Waals surface area contributed by atoms with Crippen LogP contribution in [0.15, 0.2) is 18.7 Å². The zero-order valence-corrected chi connectivity index (χ0v) is 13.5. The van der Waals surface area contributed by atoms with Crippen molar-refractivity contribution in [1.82, 2.24) is 20.2 Å². The van der Waals surface area contributed by atoms with E-state index >= 15 is 0 Å². The fourth-order valence-electron chi connectivity index (χ4n) is 1.55. The van der Waals surface area contributed by atoms with Gasteiger partial charge in [-0.05, 0) is 5.92 Å². The Hall–Kier alpha value is -0.820. The summed E-state index contributed by atoms with van der Waals surface area (Å²) in [5, 5.41) is 5.90. The highest BCUT2D eigenvalue weighted by Gasteiger charge is 2.05. The van der Waals surface area contributed by atoms with Crippen LogP contribution in [0.25, 0.3) is 0 Å². The molecule has 0 aromatic carbocycles. The number of methoxy groups -OCH3 is 1. The van der Waals surface area contributed by atoms with Gasteiger partial charge in [0.2, 0.25) is 5.91 Å². The van der Waals surface area contributed by atoms with E-state index in [-0.39, 0.29) is 30.7 Å². The van der Waals surface area contributed by atoms with Crippen molar-refractivity contribution in [3.63, 3.8) is 0 Å². The van der Waals surface area contributed by atoms with Crippen LogP contribution in [0.4, 0.5) is 0 Å². The number of imidazole rings is 1. The van der Waals surface area contributed by atoms with E-state index in [1.54, 1.807) is 19.6 Å². The summed E-state index contributed by atoms with van der Waals surface area (Å²) in [6.45, 7) is 5.26. The van der Waals surface area contributed by atoms with Gasteiger partial charge >= 0.3 is 0 Å². The van der Waals surface area contributed by atoms with Gasteiger partial charge in [0.25, 0.3) is 0 Å². The molecule has 8 heteroatoms. The number of amides is 1. The second-order valence-corrected chi connectivity index (χ2v) is 4.34. The van der Waals surface area contributed by atoms with Crippen LogP contribution in [0.3, 0.4) is 0 Å². The van der Waals surface area contributed by atoms with Crippen LogP contribution in [0, 0.1) is 5.92 Å². The van der Waals surface area contributed by atoms with Crippen molar-refractivity contribution in [3.05, 3.63) is 18.7 Å². The molecule has 2 N–H and O–H groups in total. The highest BCUT2D eigenvalue weighted by Crippen LogP contribution is 1.98. The fraction of sp³-hybridized carbons (Fsp3) is 0.667. The number of nitrogens with zero attached hydrogens (tertiary/aromatic N) is 2. The highest BCUT2D eigenvalue weighted by atomic mass is 35.5. The van der Waals surface area contributed by atoms with Gasteiger partial charge in [-0.25, -0.2) is 4.98 Å². The van der Waals surface area contributed by atoms with Crippen LogP contribution in [-0.4, -0.2) is 48.8 Å². The third kappa shape index (κ3) is 10.0. The van der Waals surface area contributed by atoms with Crippen LogP contribution >= 0.6 is 24.8 Å². The molecule has 0 bridgehead atoms. The molecule has 0 saturated heterocycles. The standard InChI is InChI=1S/C12H22N4O2.2ClH/c1-11(9-16-5-3-14-10-16)7-15-12(17)8-13-4-6-18-2;;/h3,5,10-11,13H,4,6-9H2,1-2H3,(H,15,17);2*1H.